The Hall–Kier alpha value is -3.29. The number of benzene rings is 2. The van der Waals surface area contributed by atoms with E-state index in [-0.39, 0.29) is 23.0 Å². The van der Waals surface area contributed by atoms with Gasteiger partial charge in [-0.3, -0.25) is 0 Å². The molecule has 4 N–H and O–H groups in total. The molecule has 3 aliphatic rings. The van der Waals surface area contributed by atoms with Crippen molar-refractivity contribution in [3.05, 3.63) is 83.4 Å². The maximum atomic E-state index is 6.16. The van der Waals surface area contributed by atoms with E-state index in [1.807, 2.05) is 13.2 Å². The number of hydrogen-bond acceptors (Lipinski definition) is 6. The fourth-order valence-corrected chi connectivity index (χ4v) is 6.85. The van der Waals surface area contributed by atoms with Crippen molar-refractivity contribution in [3.63, 3.8) is 0 Å². The minimum Gasteiger partial charge on any atom is -0.384 e. The van der Waals surface area contributed by atoms with E-state index in [1.165, 1.54) is 24.0 Å². The predicted octanol–water partition coefficient (Wildman–Crippen LogP) is 4.72. The van der Waals surface area contributed by atoms with Crippen LogP contribution < -0.4 is 11.1 Å². The number of nitrogens with two attached hydrogens (primary N) is 1. The smallest absolute Gasteiger partial charge is 0.203 e. The second kappa shape index (κ2) is 9.30. The number of pyridine rings is 1. The lowest BCUT2D eigenvalue weighted by atomic mass is 9.53. The van der Waals surface area contributed by atoms with Crippen LogP contribution in [0.3, 0.4) is 0 Å². The van der Waals surface area contributed by atoms with Crippen molar-refractivity contribution in [1.82, 2.24) is 25.7 Å². The maximum Gasteiger partial charge on any atom is 0.203 e. The monoisotopic (exact) mass is 482 g/mol. The molecule has 1 unspecified atom stereocenters. The molecule has 0 spiro atoms. The molecule has 2 aromatic heterocycles. The van der Waals surface area contributed by atoms with E-state index in [4.69, 9.17) is 10.5 Å². The first-order valence-electron chi connectivity index (χ1n) is 13.0. The number of fused-ring (bicyclic) bond motifs is 4. The molecule has 3 aliphatic carbocycles. The van der Waals surface area contributed by atoms with Crippen LogP contribution in [0.1, 0.15) is 61.1 Å². The van der Waals surface area contributed by atoms with Gasteiger partial charge >= 0.3 is 0 Å². The molecule has 7 rings (SSSR count). The van der Waals surface area contributed by atoms with Crippen molar-refractivity contribution in [2.75, 3.05) is 19.4 Å². The van der Waals surface area contributed by atoms with E-state index < -0.39 is 0 Å². The zero-order valence-electron chi connectivity index (χ0n) is 20.8. The van der Waals surface area contributed by atoms with Gasteiger partial charge in [0.25, 0.3) is 0 Å². The minimum atomic E-state index is 0.0208. The standard InChI is InChI=1S/C29H34N6O/c1-36-24-19-28(21-10-6-3-7-11-21)13-15-29(24,16-14-28)31-17-12-22(20-8-4-2-5-9-20)23-18-25(30)32-27-26(23)33-35-34-27/h2-11,18,22,24,31H,12-17,19H2,1H3,(H3,30,32,33,34,35)/t22-,24?,28?,29?/m1/s1. The van der Waals surface area contributed by atoms with Crippen molar-refractivity contribution >= 4 is 17.0 Å². The molecule has 2 atom stereocenters. The molecule has 0 aliphatic heterocycles. The Balaban J connectivity index is 1.24. The van der Waals surface area contributed by atoms with Gasteiger partial charge in [0.05, 0.1) is 6.10 Å². The fraction of sp³-hybridized carbons (Fsp3) is 0.414. The fourth-order valence-electron chi connectivity index (χ4n) is 6.85. The third kappa shape index (κ3) is 3.96. The van der Waals surface area contributed by atoms with Gasteiger partial charge in [0.2, 0.25) is 5.65 Å². The first kappa shape index (κ1) is 23.1. The third-order valence-corrected chi connectivity index (χ3v) is 8.79. The molecule has 2 heterocycles. The normalized spacial score (nSPS) is 26.3. The van der Waals surface area contributed by atoms with Crippen LogP contribution >= 0.6 is 0 Å². The number of anilines is 1. The van der Waals surface area contributed by atoms with E-state index >= 15 is 0 Å². The Morgan fingerprint density at radius 1 is 1.03 bits per heavy atom. The maximum absolute atomic E-state index is 6.16. The molecule has 0 saturated heterocycles. The second-order valence-corrected chi connectivity index (χ2v) is 10.5. The Bertz CT molecular complexity index is 1310. The van der Waals surface area contributed by atoms with Gasteiger partial charge in [-0.25, -0.2) is 4.98 Å². The Morgan fingerprint density at radius 2 is 1.75 bits per heavy atom. The number of hydrogen-bond donors (Lipinski definition) is 3. The molecule has 3 saturated carbocycles. The summed E-state index contributed by atoms with van der Waals surface area (Å²) in [6.07, 6.45) is 6.85. The highest BCUT2D eigenvalue weighted by Crippen LogP contribution is 2.54. The summed E-state index contributed by atoms with van der Waals surface area (Å²) in [6, 6.07) is 23.6. The van der Waals surface area contributed by atoms with Crippen LogP contribution in [0.2, 0.25) is 0 Å². The van der Waals surface area contributed by atoms with Crippen LogP contribution in [0.25, 0.3) is 11.2 Å². The van der Waals surface area contributed by atoms with Crippen LogP contribution in [0.15, 0.2) is 66.7 Å². The molecular weight excluding hydrogens is 448 g/mol. The summed E-state index contributed by atoms with van der Waals surface area (Å²) in [7, 11) is 1.88. The van der Waals surface area contributed by atoms with Gasteiger partial charge in [0.15, 0.2) is 0 Å². The Morgan fingerprint density at radius 3 is 2.47 bits per heavy atom. The van der Waals surface area contributed by atoms with E-state index in [1.54, 1.807) is 0 Å². The SMILES string of the molecule is COC1CC2(c3ccccc3)CCC1(NCC[C@H](c1ccccc1)c1cc(N)nc3n[nH]nc13)CC2. The lowest BCUT2D eigenvalue weighted by Gasteiger charge is -2.58. The van der Waals surface area contributed by atoms with Crippen molar-refractivity contribution < 1.29 is 4.74 Å². The van der Waals surface area contributed by atoms with Crippen molar-refractivity contribution in [2.24, 2.45) is 0 Å². The van der Waals surface area contributed by atoms with Crippen molar-refractivity contribution in [1.29, 1.82) is 0 Å². The molecule has 2 bridgehead atoms. The number of nitrogens with one attached hydrogen (secondary N) is 2. The highest BCUT2D eigenvalue weighted by molar-refractivity contribution is 5.77. The molecule has 4 aromatic rings. The second-order valence-electron chi connectivity index (χ2n) is 10.5. The van der Waals surface area contributed by atoms with Crippen molar-refractivity contribution in [3.8, 4) is 0 Å². The molecule has 7 nitrogen and oxygen atoms in total. The van der Waals surface area contributed by atoms with E-state index in [0.717, 1.165) is 43.3 Å². The Kier molecular flexibility index (Phi) is 5.97. The summed E-state index contributed by atoms with van der Waals surface area (Å²) in [5, 5.41) is 15.3. The minimum absolute atomic E-state index is 0.0208. The molecule has 36 heavy (non-hydrogen) atoms. The first-order valence-corrected chi connectivity index (χ1v) is 13.0. The van der Waals surface area contributed by atoms with E-state index in [9.17, 15) is 0 Å². The number of rotatable bonds is 8. The first-order chi connectivity index (χ1) is 17.6. The Labute approximate surface area is 211 Å². The third-order valence-electron chi connectivity index (χ3n) is 8.79. The van der Waals surface area contributed by atoms with Gasteiger partial charge in [0, 0.05) is 18.6 Å². The average Bonchev–Trinajstić information content (AvgIpc) is 3.41. The topological polar surface area (TPSA) is 102 Å². The van der Waals surface area contributed by atoms with Gasteiger partial charge in [-0.15, -0.1) is 5.10 Å². The zero-order chi connectivity index (χ0) is 24.6. The number of nitrogens with zero attached hydrogens (tertiary/aromatic N) is 3. The van der Waals surface area contributed by atoms with Gasteiger partial charge in [-0.2, -0.15) is 10.3 Å². The van der Waals surface area contributed by atoms with Crippen molar-refractivity contribution in [2.45, 2.75) is 61.5 Å². The number of ether oxygens (including phenoxy) is 1. The van der Waals surface area contributed by atoms with Gasteiger partial charge in [0.1, 0.15) is 11.3 Å². The van der Waals surface area contributed by atoms with E-state index in [2.05, 4.69) is 86.4 Å². The molecule has 0 amide bonds. The van der Waals surface area contributed by atoms with E-state index in [0.29, 0.717) is 11.5 Å². The summed E-state index contributed by atoms with van der Waals surface area (Å²) in [6.45, 7) is 0.874. The number of H-pyrrole nitrogens is 1. The lowest BCUT2D eigenvalue weighted by Crippen LogP contribution is -2.65. The van der Waals surface area contributed by atoms with Crippen LogP contribution in [0.4, 0.5) is 5.82 Å². The highest BCUT2D eigenvalue weighted by atomic mass is 16.5. The molecule has 186 valence electrons. The quantitative estimate of drug-likeness (QED) is 0.336. The molecule has 3 fully saturated rings. The van der Waals surface area contributed by atoms with Crippen LogP contribution in [-0.4, -0.2) is 45.7 Å². The largest absolute Gasteiger partial charge is 0.384 e. The summed E-state index contributed by atoms with van der Waals surface area (Å²) < 4.78 is 6.16. The molecule has 0 radical (unpaired) electrons. The molecular formula is C29H34N6O. The highest BCUT2D eigenvalue weighted by Gasteiger charge is 2.55. The van der Waals surface area contributed by atoms with Gasteiger partial charge < -0.3 is 15.8 Å². The number of aromatic amines is 1. The van der Waals surface area contributed by atoms with Gasteiger partial charge in [-0.1, -0.05) is 60.7 Å². The van der Waals surface area contributed by atoms with Crippen LogP contribution in [0.5, 0.6) is 0 Å². The number of aromatic nitrogens is 4. The summed E-state index contributed by atoms with van der Waals surface area (Å²) in [5.74, 6) is 0.597. The summed E-state index contributed by atoms with van der Waals surface area (Å²) >= 11 is 0. The molecule has 7 heteroatoms. The zero-order valence-corrected chi connectivity index (χ0v) is 20.8. The average molecular weight is 483 g/mol. The summed E-state index contributed by atoms with van der Waals surface area (Å²) in [5.41, 5.74) is 11.6. The lowest BCUT2D eigenvalue weighted by molar-refractivity contribution is -0.0766. The van der Waals surface area contributed by atoms with Gasteiger partial charge in [-0.05, 0) is 73.2 Å². The summed E-state index contributed by atoms with van der Waals surface area (Å²) in [4.78, 5) is 4.35. The number of methoxy groups -OCH3 is 1. The van der Waals surface area contributed by atoms with Crippen LogP contribution in [-0.2, 0) is 10.2 Å². The number of nitrogen functional groups attached to an aromatic ring is 1. The molecule has 2 aromatic carbocycles. The van der Waals surface area contributed by atoms with Crippen LogP contribution in [0, 0.1) is 0 Å². The predicted molar refractivity (Wildman–Crippen MR) is 142 cm³/mol.